The standard InChI is InChI=1S/C14H22FNO/c1-4-11(3)10-17-14-7-12(9-16-5-2)6-13(15)8-14/h6-8,11,16H,4-5,9-10H2,1-3H3. The Morgan fingerprint density at radius 2 is 2.06 bits per heavy atom. The topological polar surface area (TPSA) is 21.3 Å². The molecule has 0 spiro atoms. The van der Waals surface area contributed by atoms with Crippen molar-refractivity contribution < 1.29 is 9.13 Å². The Hall–Kier alpha value is -1.09. The molecule has 0 radical (unpaired) electrons. The second-order valence-electron chi connectivity index (χ2n) is 4.40. The van der Waals surface area contributed by atoms with Crippen LogP contribution in [0.5, 0.6) is 5.75 Å². The van der Waals surface area contributed by atoms with E-state index in [1.165, 1.54) is 6.07 Å². The summed E-state index contributed by atoms with van der Waals surface area (Å²) in [4.78, 5) is 0. The molecule has 0 saturated carbocycles. The quantitative estimate of drug-likeness (QED) is 0.787. The summed E-state index contributed by atoms with van der Waals surface area (Å²) in [6.07, 6.45) is 1.07. The van der Waals surface area contributed by atoms with Crippen molar-refractivity contribution in [2.75, 3.05) is 13.2 Å². The lowest BCUT2D eigenvalue weighted by Crippen LogP contribution is -2.12. The molecule has 0 aliphatic heterocycles. The van der Waals surface area contributed by atoms with Crippen molar-refractivity contribution in [1.29, 1.82) is 0 Å². The molecule has 1 atom stereocenters. The lowest BCUT2D eigenvalue weighted by molar-refractivity contribution is 0.255. The van der Waals surface area contributed by atoms with Gasteiger partial charge in [0, 0.05) is 12.6 Å². The zero-order valence-electron chi connectivity index (χ0n) is 10.9. The van der Waals surface area contributed by atoms with Crippen LogP contribution in [-0.2, 0) is 6.54 Å². The van der Waals surface area contributed by atoms with E-state index in [9.17, 15) is 4.39 Å². The van der Waals surface area contributed by atoms with Crippen molar-refractivity contribution in [2.24, 2.45) is 5.92 Å². The fraction of sp³-hybridized carbons (Fsp3) is 0.571. The van der Waals surface area contributed by atoms with Gasteiger partial charge in [-0.05, 0) is 30.2 Å². The molecule has 0 heterocycles. The monoisotopic (exact) mass is 239 g/mol. The third-order valence-electron chi connectivity index (χ3n) is 2.74. The van der Waals surface area contributed by atoms with Gasteiger partial charge < -0.3 is 10.1 Å². The summed E-state index contributed by atoms with van der Waals surface area (Å²) in [6.45, 7) is 8.46. The van der Waals surface area contributed by atoms with Crippen LogP contribution in [0.25, 0.3) is 0 Å². The van der Waals surface area contributed by atoms with Crippen LogP contribution in [0.4, 0.5) is 4.39 Å². The first-order chi connectivity index (χ1) is 8.15. The van der Waals surface area contributed by atoms with Crippen LogP contribution in [0.1, 0.15) is 32.8 Å². The number of ether oxygens (including phenoxy) is 1. The first kappa shape index (κ1) is 14.0. The second kappa shape index (κ2) is 7.28. The molecule has 0 aromatic heterocycles. The molecule has 2 nitrogen and oxygen atoms in total. The highest BCUT2D eigenvalue weighted by molar-refractivity contribution is 5.29. The summed E-state index contributed by atoms with van der Waals surface area (Å²) >= 11 is 0. The zero-order chi connectivity index (χ0) is 12.7. The SMILES string of the molecule is CCNCc1cc(F)cc(OCC(C)CC)c1. The summed E-state index contributed by atoms with van der Waals surface area (Å²) < 4.78 is 18.9. The Bertz CT molecular complexity index is 341. The minimum absolute atomic E-state index is 0.237. The predicted octanol–water partition coefficient (Wildman–Crippen LogP) is 3.36. The molecule has 0 fully saturated rings. The van der Waals surface area contributed by atoms with Crippen LogP contribution >= 0.6 is 0 Å². The van der Waals surface area contributed by atoms with Gasteiger partial charge in [0.05, 0.1) is 6.61 Å². The van der Waals surface area contributed by atoms with Gasteiger partial charge in [0.1, 0.15) is 11.6 Å². The van der Waals surface area contributed by atoms with E-state index in [0.717, 1.165) is 18.5 Å². The van der Waals surface area contributed by atoms with E-state index in [1.807, 2.05) is 13.0 Å². The average molecular weight is 239 g/mol. The third kappa shape index (κ3) is 5.18. The lowest BCUT2D eigenvalue weighted by Gasteiger charge is -2.12. The van der Waals surface area contributed by atoms with Crippen LogP contribution in [-0.4, -0.2) is 13.2 Å². The normalized spacial score (nSPS) is 12.5. The van der Waals surface area contributed by atoms with Gasteiger partial charge in [-0.15, -0.1) is 0 Å². The molecule has 0 aliphatic carbocycles. The molecule has 0 bridgehead atoms. The number of nitrogens with one attached hydrogen (secondary N) is 1. The molecule has 0 amide bonds. The maximum absolute atomic E-state index is 13.4. The molecule has 17 heavy (non-hydrogen) atoms. The molecule has 96 valence electrons. The maximum atomic E-state index is 13.4. The number of halogens is 1. The fourth-order valence-electron chi connectivity index (χ4n) is 1.43. The summed E-state index contributed by atoms with van der Waals surface area (Å²) in [7, 11) is 0. The van der Waals surface area contributed by atoms with Crippen LogP contribution in [0.15, 0.2) is 18.2 Å². The third-order valence-corrected chi connectivity index (χ3v) is 2.74. The van der Waals surface area contributed by atoms with Crippen LogP contribution in [0, 0.1) is 11.7 Å². The first-order valence-electron chi connectivity index (χ1n) is 6.28. The number of hydrogen-bond donors (Lipinski definition) is 1. The summed E-state index contributed by atoms with van der Waals surface area (Å²) in [6, 6.07) is 4.88. The highest BCUT2D eigenvalue weighted by Gasteiger charge is 2.04. The van der Waals surface area contributed by atoms with Crippen molar-refractivity contribution in [1.82, 2.24) is 5.32 Å². The smallest absolute Gasteiger partial charge is 0.127 e. The van der Waals surface area contributed by atoms with Gasteiger partial charge in [0.2, 0.25) is 0 Å². The highest BCUT2D eigenvalue weighted by atomic mass is 19.1. The van der Waals surface area contributed by atoms with Gasteiger partial charge in [-0.25, -0.2) is 4.39 Å². The first-order valence-corrected chi connectivity index (χ1v) is 6.28. The summed E-state index contributed by atoms with van der Waals surface area (Å²) in [5, 5.41) is 3.17. The maximum Gasteiger partial charge on any atom is 0.127 e. The Labute approximate surface area is 103 Å². The molecule has 0 saturated heterocycles. The Kier molecular flexibility index (Phi) is 5.98. The minimum Gasteiger partial charge on any atom is -0.493 e. The van der Waals surface area contributed by atoms with Gasteiger partial charge in [-0.1, -0.05) is 27.2 Å². The molecular weight excluding hydrogens is 217 g/mol. The molecule has 1 N–H and O–H groups in total. The lowest BCUT2D eigenvalue weighted by atomic mass is 10.1. The zero-order valence-corrected chi connectivity index (χ0v) is 10.9. The van der Waals surface area contributed by atoms with Crippen molar-refractivity contribution in [3.8, 4) is 5.75 Å². The summed E-state index contributed by atoms with van der Waals surface area (Å²) in [5.74, 6) is 0.883. The highest BCUT2D eigenvalue weighted by Crippen LogP contribution is 2.17. The molecule has 0 aliphatic rings. The van der Waals surface area contributed by atoms with Gasteiger partial charge in [-0.2, -0.15) is 0 Å². The van der Waals surface area contributed by atoms with E-state index in [2.05, 4.69) is 19.2 Å². The van der Waals surface area contributed by atoms with Crippen molar-refractivity contribution >= 4 is 0 Å². The van der Waals surface area contributed by atoms with Gasteiger partial charge in [0.25, 0.3) is 0 Å². The number of benzene rings is 1. The molecule has 3 heteroatoms. The fourth-order valence-corrected chi connectivity index (χ4v) is 1.43. The van der Waals surface area contributed by atoms with Crippen molar-refractivity contribution in [3.63, 3.8) is 0 Å². The Morgan fingerprint density at radius 3 is 2.71 bits per heavy atom. The largest absolute Gasteiger partial charge is 0.493 e. The van der Waals surface area contributed by atoms with E-state index in [1.54, 1.807) is 6.07 Å². The number of hydrogen-bond acceptors (Lipinski definition) is 2. The van der Waals surface area contributed by atoms with E-state index >= 15 is 0 Å². The Morgan fingerprint density at radius 1 is 1.29 bits per heavy atom. The molecule has 1 aromatic carbocycles. The predicted molar refractivity (Wildman–Crippen MR) is 68.7 cm³/mol. The molecular formula is C14H22FNO. The van der Waals surface area contributed by atoms with E-state index in [-0.39, 0.29) is 5.82 Å². The average Bonchev–Trinajstić information content (AvgIpc) is 2.32. The van der Waals surface area contributed by atoms with Gasteiger partial charge >= 0.3 is 0 Å². The van der Waals surface area contributed by atoms with Crippen LogP contribution in [0.3, 0.4) is 0 Å². The molecule has 1 unspecified atom stereocenters. The van der Waals surface area contributed by atoms with Crippen LogP contribution < -0.4 is 10.1 Å². The van der Waals surface area contributed by atoms with Gasteiger partial charge in [0.15, 0.2) is 0 Å². The van der Waals surface area contributed by atoms with Crippen molar-refractivity contribution in [3.05, 3.63) is 29.6 Å². The summed E-state index contributed by atoms with van der Waals surface area (Å²) in [5.41, 5.74) is 0.922. The second-order valence-corrected chi connectivity index (χ2v) is 4.40. The van der Waals surface area contributed by atoms with Crippen molar-refractivity contribution in [2.45, 2.75) is 33.7 Å². The van der Waals surface area contributed by atoms with Gasteiger partial charge in [-0.3, -0.25) is 0 Å². The minimum atomic E-state index is -0.237. The van der Waals surface area contributed by atoms with E-state index in [4.69, 9.17) is 4.74 Å². The number of rotatable bonds is 7. The Balaban J connectivity index is 2.61. The van der Waals surface area contributed by atoms with E-state index in [0.29, 0.717) is 24.8 Å². The molecule has 1 aromatic rings. The van der Waals surface area contributed by atoms with E-state index < -0.39 is 0 Å². The van der Waals surface area contributed by atoms with Crippen LogP contribution in [0.2, 0.25) is 0 Å². The molecule has 1 rings (SSSR count).